The number of carbonyl (C=O) groups is 2. The molecule has 11 heteroatoms. The third-order valence-electron chi connectivity index (χ3n) is 8.30. The Hall–Kier alpha value is -5.03. The summed E-state index contributed by atoms with van der Waals surface area (Å²) in [5.74, 6) is 0.311. The van der Waals surface area contributed by atoms with Gasteiger partial charge in [-0.15, -0.1) is 0 Å². The van der Waals surface area contributed by atoms with E-state index >= 15 is 0 Å². The van der Waals surface area contributed by atoms with E-state index in [1.54, 1.807) is 31.4 Å². The minimum atomic E-state index is -4.35. The van der Waals surface area contributed by atoms with E-state index in [0.29, 0.717) is 23.7 Å². The maximum Gasteiger partial charge on any atom is 0.264 e. The van der Waals surface area contributed by atoms with Crippen LogP contribution in [0.5, 0.6) is 17.2 Å². The maximum absolute atomic E-state index is 14.8. The minimum Gasteiger partial charge on any atom is -0.497 e. The Morgan fingerprint density at radius 2 is 1.46 bits per heavy atom. The number of methoxy groups -OCH3 is 3. The summed E-state index contributed by atoms with van der Waals surface area (Å²) in [6.07, 6.45) is 1.88. The van der Waals surface area contributed by atoms with Gasteiger partial charge in [0.05, 0.1) is 31.9 Å². The molecule has 0 saturated heterocycles. The molecule has 0 fully saturated rings. The van der Waals surface area contributed by atoms with Crippen molar-refractivity contribution in [2.24, 2.45) is 0 Å². The molecule has 0 spiro atoms. The van der Waals surface area contributed by atoms with E-state index in [-0.39, 0.29) is 29.5 Å². The average molecular weight is 702 g/mol. The topological polar surface area (TPSA) is 114 Å². The van der Waals surface area contributed by atoms with Crippen LogP contribution in [0.3, 0.4) is 0 Å². The molecule has 0 aliphatic carbocycles. The maximum atomic E-state index is 14.8. The molecule has 0 bridgehead atoms. The van der Waals surface area contributed by atoms with Crippen LogP contribution in [0.15, 0.2) is 95.9 Å². The van der Waals surface area contributed by atoms with Crippen molar-refractivity contribution in [3.05, 3.63) is 113 Å². The number of benzene rings is 4. The van der Waals surface area contributed by atoms with Crippen LogP contribution in [0.2, 0.25) is 0 Å². The second kappa shape index (κ2) is 17.6. The summed E-state index contributed by atoms with van der Waals surface area (Å²) in [7, 11) is 0.0986. The number of carbonyl (C=O) groups excluding carboxylic acids is 2. The Balaban J connectivity index is 1.85. The molecule has 266 valence electrons. The predicted molar refractivity (Wildman–Crippen MR) is 195 cm³/mol. The van der Waals surface area contributed by atoms with Crippen LogP contribution < -0.4 is 23.8 Å². The average Bonchev–Trinajstić information content (AvgIpc) is 3.11. The zero-order chi connectivity index (χ0) is 36.3. The van der Waals surface area contributed by atoms with Crippen molar-refractivity contribution in [3.63, 3.8) is 0 Å². The van der Waals surface area contributed by atoms with E-state index in [1.165, 1.54) is 37.3 Å². The molecular formula is C39H47N3O7S. The smallest absolute Gasteiger partial charge is 0.264 e. The third-order valence-corrected chi connectivity index (χ3v) is 10.1. The van der Waals surface area contributed by atoms with E-state index in [4.69, 9.17) is 14.2 Å². The highest BCUT2D eigenvalue weighted by Crippen LogP contribution is 2.33. The molecule has 0 aromatic heterocycles. The summed E-state index contributed by atoms with van der Waals surface area (Å²) < 4.78 is 46.4. The monoisotopic (exact) mass is 701 g/mol. The van der Waals surface area contributed by atoms with E-state index < -0.39 is 28.5 Å². The first-order valence-electron chi connectivity index (χ1n) is 16.6. The van der Waals surface area contributed by atoms with Crippen molar-refractivity contribution in [2.45, 2.75) is 57.5 Å². The second-order valence-electron chi connectivity index (χ2n) is 12.1. The van der Waals surface area contributed by atoms with E-state index in [2.05, 4.69) is 5.32 Å². The summed E-state index contributed by atoms with van der Waals surface area (Å²) in [6.45, 7) is 5.68. The Bertz CT molecular complexity index is 1840. The fourth-order valence-corrected chi connectivity index (χ4v) is 7.17. The van der Waals surface area contributed by atoms with Crippen molar-refractivity contribution in [2.75, 3.05) is 38.7 Å². The molecule has 0 aliphatic rings. The summed E-state index contributed by atoms with van der Waals surface area (Å²) >= 11 is 0. The standard InChI is InChI=1S/C39H47N3O7S/c1-7-8-19-40-39(44)35(24-30-13-10-9-11-14-30)41(26-31-15-12-16-33(23-31)47-4)38(43)27-42(32-21-28(2)20-29(3)22-32)50(45,46)34-17-18-36(48-5)37(25-34)49-6/h9-18,20-23,25,35H,7-8,19,24,26-27H2,1-6H3,(H,40,44). The Kier molecular flexibility index (Phi) is 13.3. The molecule has 10 nitrogen and oxygen atoms in total. The second-order valence-corrected chi connectivity index (χ2v) is 14.0. The molecule has 1 N–H and O–H groups in total. The number of aryl methyl sites for hydroxylation is 2. The quantitative estimate of drug-likeness (QED) is 0.133. The van der Waals surface area contributed by atoms with Gasteiger partial charge >= 0.3 is 0 Å². The van der Waals surface area contributed by atoms with Crippen LogP contribution >= 0.6 is 0 Å². The molecule has 2 amide bonds. The zero-order valence-corrected chi connectivity index (χ0v) is 30.5. The third kappa shape index (κ3) is 9.56. The van der Waals surface area contributed by atoms with Crippen LogP contribution in [0.1, 0.15) is 42.0 Å². The predicted octanol–water partition coefficient (Wildman–Crippen LogP) is 6.08. The lowest BCUT2D eigenvalue weighted by atomic mass is 10.0. The van der Waals surface area contributed by atoms with Crippen LogP contribution in [0, 0.1) is 13.8 Å². The molecule has 4 rings (SSSR count). The Morgan fingerprint density at radius 3 is 2.10 bits per heavy atom. The summed E-state index contributed by atoms with van der Waals surface area (Å²) in [6, 6.07) is 25.5. The molecular weight excluding hydrogens is 655 g/mol. The van der Waals surface area contributed by atoms with Crippen LogP contribution in [-0.4, -0.2) is 65.6 Å². The SMILES string of the molecule is CCCCNC(=O)C(Cc1ccccc1)N(Cc1cccc(OC)c1)C(=O)CN(c1cc(C)cc(C)c1)S(=O)(=O)c1ccc(OC)c(OC)c1. The number of ether oxygens (including phenoxy) is 3. The molecule has 0 radical (unpaired) electrons. The summed E-state index contributed by atoms with van der Waals surface area (Å²) in [5.41, 5.74) is 3.54. The molecule has 1 unspecified atom stereocenters. The molecule has 0 heterocycles. The summed E-state index contributed by atoms with van der Waals surface area (Å²) in [5, 5.41) is 3.01. The van der Waals surface area contributed by atoms with Crippen molar-refractivity contribution in [1.29, 1.82) is 0 Å². The highest BCUT2D eigenvalue weighted by atomic mass is 32.2. The number of amides is 2. The lowest BCUT2D eigenvalue weighted by Crippen LogP contribution is -2.53. The highest BCUT2D eigenvalue weighted by molar-refractivity contribution is 7.92. The highest BCUT2D eigenvalue weighted by Gasteiger charge is 2.35. The molecule has 1 atom stereocenters. The van der Waals surface area contributed by atoms with E-state index in [1.807, 2.05) is 69.3 Å². The molecule has 4 aromatic rings. The van der Waals surface area contributed by atoms with Gasteiger partial charge in [-0.25, -0.2) is 8.42 Å². The van der Waals surface area contributed by atoms with Gasteiger partial charge in [-0.05, 0) is 78.9 Å². The lowest BCUT2D eigenvalue weighted by molar-refractivity contribution is -0.140. The Labute approximate surface area is 296 Å². The number of unbranched alkanes of at least 4 members (excludes halogenated alkanes) is 1. The van der Waals surface area contributed by atoms with E-state index in [0.717, 1.165) is 39.4 Å². The van der Waals surface area contributed by atoms with Crippen molar-refractivity contribution >= 4 is 27.5 Å². The van der Waals surface area contributed by atoms with Gasteiger partial charge in [0.1, 0.15) is 18.3 Å². The first kappa shape index (κ1) is 37.8. The lowest BCUT2D eigenvalue weighted by Gasteiger charge is -2.34. The molecule has 0 saturated carbocycles. The molecule has 50 heavy (non-hydrogen) atoms. The fourth-order valence-electron chi connectivity index (χ4n) is 5.76. The first-order valence-corrected chi connectivity index (χ1v) is 18.0. The summed E-state index contributed by atoms with van der Waals surface area (Å²) in [4.78, 5) is 30.2. The van der Waals surface area contributed by atoms with Gasteiger partial charge in [-0.2, -0.15) is 0 Å². The van der Waals surface area contributed by atoms with Crippen LogP contribution in [-0.2, 0) is 32.6 Å². The van der Waals surface area contributed by atoms with Crippen molar-refractivity contribution in [3.8, 4) is 17.2 Å². The van der Waals surface area contributed by atoms with E-state index in [9.17, 15) is 18.0 Å². The van der Waals surface area contributed by atoms with Gasteiger partial charge in [0, 0.05) is 25.6 Å². The van der Waals surface area contributed by atoms with Crippen molar-refractivity contribution < 1.29 is 32.2 Å². The minimum absolute atomic E-state index is 0.0336. The zero-order valence-electron chi connectivity index (χ0n) is 29.6. The van der Waals surface area contributed by atoms with Gasteiger partial charge < -0.3 is 24.4 Å². The number of anilines is 1. The normalized spacial score (nSPS) is 11.7. The van der Waals surface area contributed by atoms with Gasteiger partial charge in [-0.1, -0.05) is 61.9 Å². The molecule has 4 aromatic carbocycles. The number of sulfonamides is 1. The van der Waals surface area contributed by atoms with Crippen LogP contribution in [0.4, 0.5) is 5.69 Å². The molecule has 0 aliphatic heterocycles. The number of nitrogens with zero attached hydrogens (tertiary/aromatic N) is 2. The number of nitrogens with one attached hydrogen (secondary N) is 1. The number of hydrogen-bond acceptors (Lipinski definition) is 7. The number of rotatable bonds is 17. The van der Waals surface area contributed by atoms with Gasteiger partial charge in [0.15, 0.2) is 11.5 Å². The Morgan fingerprint density at radius 1 is 0.780 bits per heavy atom. The van der Waals surface area contributed by atoms with Gasteiger partial charge in [0.2, 0.25) is 11.8 Å². The fraction of sp³-hybridized carbons (Fsp3) is 0.333. The van der Waals surface area contributed by atoms with Gasteiger partial charge in [0.25, 0.3) is 10.0 Å². The first-order chi connectivity index (χ1) is 24.0. The van der Waals surface area contributed by atoms with Crippen molar-refractivity contribution in [1.82, 2.24) is 10.2 Å². The largest absolute Gasteiger partial charge is 0.497 e. The van der Waals surface area contributed by atoms with Crippen LogP contribution in [0.25, 0.3) is 0 Å². The van der Waals surface area contributed by atoms with Gasteiger partial charge in [-0.3, -0.25) is 13.9 Å². The number of hydrogen-bond donors (Lipinski definition) is 1.